The maximum atomic E-state index is 13.2. The number of H-pyrrole nitrogens is 1. The molecule has 9 heteroatoms. The molecular formula is C15H12F5N3O. The number of rotatable bonds is 2. The van der Waals surface area contributed by atoms with E-state index in [0.717, 1.165) is 6.07 Å². The number of aromatic nitrogens is 2. The smallest absolute Gasteiger partial charge is 0.303 e. The highest BCUT2D eigenvalue weighted by Gasteiger charge is 2.35. The van der Waals surface area contributed by atoms with Crippen LogP contribution >= 0.6 is 0 Å². The van der Waals surface area contributed by atoms with Gasteiger partial charge in [0.15, 0.2) is 0 Å². The van der Waals surface area contributed by atoms with E-state index in [0.29, 0.717) is 12.1 Å². The van der Waals surface area contributed by atoms with Gasteiger partial charge in [-0.25, -0.2) is 13.8 Å². The first-order valence-electron chi connectivity index (χ1n) is 7.09. The standard InChI is InChI=1S/C15H12F5N3O/c16-9-3-8(4-10(17)5-9)6-23-2-1-12-11(7-23)13(24)22-14(21-12)15(18,19)20/h3-5H,1-2,6-7H2,(H,21,22,24). The quantitative estimate of drug-likeness (QED) is 0.852. The summed E-state index contributed by atoms with van der Waals surface area (Å²) in [5, 5.41) is 0. The van der Waals surface area contributed by atoms with Crippen LogP contribution in [-0.2, 0) is 25.7 Å². The van der Waals surface area contributed by atoms with Gasteiger partial charge in [-0.15, -0.1) is 0 Å². The minimum atomic E-state index is -4.72. The van der Waals surface area contributed by atoms with E-state index in [4.69, 9.17) is 0 Å². The largest absolute Gasteiger partial charge is 0.449 e. The summed E-state index contributed by atoms with van der Waals surface area (Å²) in [5.41, 5.74) is -0.214. The van der Waals surface area contributed by atoms with Crippen molar-refractivity contribution in [2.24, 2.45) is 0 Å². The summed E-state index contributed by atoms with van der Waals surface area (Å²) < 4.78 is 64.4. The van der Waals surface area contributed by atoms with Crippen LogP contribution in [0.25, 0.3) is 0 Å². The summed E-state index contributed by atoms with van der Waals surface area (Å²) in [6.07, 6.45) is -4.56. The molecule has 0 saturated carbocycles. The molecule has 0 atom stereocenters. The van der Waals surface area contributed by atoms with Crippen LogP contribution in [0.2, 0.25) is 0 Å². The van der Waals surface area contributed by atoms with Crippen molar-refractivity contribution in [1.82, 2.24) is 14.9 Å². The molecule has 3 rings (SSSR count). The van der Waals surface area contributed by atoms with Crippen LogP contribution < -0.4 is 5.56 Å². The van der Waals surface area contributed by atoms with E-state index in [1.807, 2.05) is 0 Å². The molecule has 24 heavy (non-hydrogen) atoms. The number of hydrogen-bond acceptors (Lipinski definition) is 3. The van der Waals surface area contributed by atoms with Crippen LogP contribution in [0.1, 0.15) is 22.6 Å². The van der Waals surface area contributed by atoms with Gasteiger partial charge in [0.25, 0.3) is 5.56 Å². The highest BCUT2D eigenvalue weighted by molar-refractivity contribution is 5.23. The van der Waals surface area contributed by atoms with Crippen molar-refractivity contribution in [2.45, 2.75) is 25.7 Å². The van der Waals surface area contributed by atoms with Gasteiger partial charge in [-0.1, -0.05) is 0 Å². The van der Waals surface area contributed by atoms with Crippen LogP contribution in [0.4, 0.5) is 22.0 Å². The summed E-state index contributed by atoms with van der Waals surface area (Å²) in [5.74, 6) is -2.74. The van der Waals surface area contributed by atoms with Crippen LogP contribution in [0.5, 0.6) is 0 Å². The molecule has 0 radical (unpaired) electrons. The lowest BCUT2D eigenvalue weighted by Crippen LogP contribution is -2.36. The number of nitrogens with zero attached hydrogens (tertiary/aromatic N) is 2. The Morgan fingerprint density at radius 1 is 1.17 bits per heavy atom. The Morgan fingerprint density at radius 3 is 2.46 bits per heavy atom. The Labute approximate surface area is 132 Å². The minimum Gasteiger partial charge on any atom is -0.303 e. The first kappa shape index (κ1) is 16.6. The molecule has 1 aromatic heterocycles. The third-order valence-corrected chi connectivity index (χ3v) is 3.74. The summed E-state index contributed by atoms with van der Waals surface area (Å²) >= 11 is 0. The van der Waals surface area contributed by atoms with Gasteiger partial charge in [0, 0.05) is 32.1 Å². The molecule has 0 fully saturated rings. The van der Waals surface area contributed by atoms with E-state index in [9.17, 15) is 26.7 Å². The van der Waals surface area contributed by atoms with Crippen LogP contribution in [0.15, 0.2) is 23.0 Å². The number of benzene rings is 1. The second-order valence-electron chi connectivity index (χ2n) is 5.58. The van der Waals surface area contributed by atoms with Crippen molar-refractivity contribution in [3.05, 3.63) is 62.8 Å². The van der Waals surface area contributed by atoms with Gasteiger partial charge in [0.1, 0.15) is 11.6 Å². The summed E-state index contributed by atoms with van der Waals surface area (Å²) in [6.45, 7) is 0.571. The average Bonchev–Trinajstić information content (AvgIpc) is 2.45. The van der Waals surface area contributed by atoms with Crippen LogP contribution in [0, 0.1) is 11.6 Å². The van der Waals surface area contributed by atoms with Crippen molar-refractivity contribution in [3.63, 3.8) is 0 Å². The van der Waals surface area contributed by atoms with Crippen molar-refractivity contribution in [1.29, 1.82) is 0 Å². The lowest BCUT2D eigenvalue weighted by molar-refractivity contribution is -0.145. The van der Waals surface area contributed by atoms with E-state index in [2.05, 4.69) is 4.98 Å². The molecule has 0 bridgehead atoms. The Hall–Kier alpha value is -2.29. The molecular weight excluding hydrogens is 333 g/mol. The molecule has 128 valence electrons. The zero-order chi connectivity index (χ0) is 17.5. The number of nitrogens with one attached hydrogen (secondary N) is 1. The number of halogens is 5. The molecule has 1 aliphatic rings. The molecule has 2 heterocycles. The van der Waals surface area contributed by atoms with Gasteiger partial charge in [-0.3, -0.25) is 9.69 Å². The van der Waals surface area contributed by atoms with Crippen molar-refractivity contribution in [3.8, 4) is 0 Å². The lowest BCUT2D eigenvalue weighted by Gasteiger charge is -2.27. The Morgan fingerprint density at radius 2 is 1.83 bits per heavy atom. The van der Waals surface area contributed by atoms with Crippen molar-refractivity contribution in [2.75, 3.05) is 6.54 Å². The van der Waals surface area contributed by atoms with Gasteiger partial charge in [0.2, 0.25) is 5.82 Å². The highest BCUT2D eigenvalue weighted by atomic mass is 19.4. The van der Waals surface area contributed by atoms with Gasteiger partial charge in [-0.05, 0) is 17.7 Å². The summed E-state index contributed by atoms with van der Waals surface area (Å²) in [4.78, 5) is 18.8. The fourth-order valence-electron chi connectivity index (χ4n) is 2.71. The Bertz CT molecular complexity index is 811. The van der Waals surface area contributed by atoms with Gasteiger partial charge >= 0.3 is 6.18 Å². The second-order valence-corrected chi connectivity index (χ2v) is 5.58. The second kappa shape index (κ2) is 5.97. The maximum Gasteiger partial charge on any atom is 0.449 e. The molecule has 0 aliphatic carbocycles. The molecule has 1 aliphatic heterocycles. The molecule has 1 N–H and O–H groups in total. The molecule has 2 aromatic rings. The molecule has 0 amide bonds. The first-order valence-corrected chi connectivity index (χ1v) is 7.09. The zero-order valence-corrected chi connectivity index (χ0v) is 12.3. The highest BCUT2D eigenvalue weighted by Crippen LogP contribution is 2.26. The van der Waals surface area contributed by atoms with E-state index in [1.54, 1.807) is 9.88 Å². The summed E-state index contributed by atoms with van der Waals surface area (Å²) in [7, 11) is 0. The normalized spacial score (nSPS) is 15.4. The molecule has 4 nitrogen and oxygen atoms in total. The number of aromatic amines is 1. The van der Waals surface area contributed by atoms with E-state index < -0.39 is 29.2 Å². The topological polar surface area (TPSA) is 49.0 Å². The predicted molar refractivity (Wildman–Crippen MR) is 74.0 cm³/mol. The first-order chi connectivity index (χ1) is 11.2. The van der Waals surface area contributed by atoms with E-state index in [1.165, 1.54) is 12.1 Å². The van der Waals surface area contributed by atoms with Gasteiger partial charge in [0.05, 0.1) is 11.3 Å². The maximum absolute atomic E-state index is 13.2. The molecule has 0 saturated heterocycles. The van der Waals surface area contributed by atoms with Crippen molar-refractivity contribution >= 4 is 0 Å². The monoisotopic (exact) mass is 345 g/mol. The molecule has 1 aromatic carbocycles. The molecule has 0 spiro atoms. The Kier molecular flexibility index (Phi) is 4.12. The number of hydrogen-bond donors (Lipinski definition) is 1. The minimum absolute atomic E-state index is 0.0634. The lowest BCUT2D eigenvalue weighted by atomic mass is 10.1. The van der Waals surface area contributed by atoms with Crippen molar-refractivity contribution < 1.29 is 22.0 Å². The van der Waals surface area contributed by atoms with Crippen LogP contribution in [-0.4, -0.2) is 21.4 Å². The third kappa shape index (κ3) is 3.45. The number of fused-ring (bicyclic) bond motifs is 1. The van der Waals surface area contributed by atoms with Gasteiger partial charge in [-0.2, -0.15) is 13.2 Å². The fourth-order valence-corrected chi connectivity index (χ4v) is 2.71. The van der Waals surface area contributed by atoms with Crippen LogP contribution in [0.3, 0.4) is 0 Å². The summed E-state index contributed by atoms with van der Waals surface area (Å²) in [6, 6.07) is 3.10. The fraction of sp³-hybridized carbons (Fsp3) is 0.333. The third-order valence-electron chi connectivity index (χ3n) is 3.74. The zero-order valence-electron chi connectivity index (χ0n) is 12.3. The predicted octanol–water partition coefficient (Wildman–Crippen LogP) is 2.63. The number of alkyl halides is 3. The van der Waals surface area contributed by atoms with E-state index in [-0.39, 0.29) is 30.8 Å². The van der Waals surface area contributed by atoms with E-state index >= 15 is 0 Å². The Balaban J connectivity index is 1.83. The van der Waals surface area contributed by atoms with Gasteiger partial charge < -0.3 is 4.98 Å². The average molecular weight is 345 g/mol. The molecule has 0 unspecified atom stereocenters. The SMILES string of the molecule is O=c1[nH]c(C(F)(F)F)nc2c1CN(Cc1cc(F)cc(F)c1)CC2.